The second kappa shape index (κ2) is 6.38. The fraction of sp³-hybridized carbons (Fsp3) is 0. The molecule has 1 amide bonds. The summed E-state index contributed by atoms with van der Waals surface area (Å²) in [5, 5.41) is 8.80. The lowest BCUT2D eigenvalue weighted by Crippen LogP contribution is -2.13. The summed E-state index contributed by atoms with van der Waals surface area (Å²) in [4.78, 5) is 17.8. The van der Waals surface area contributed by atoms with Gasteiger partial charge >= 0.3 is 0 Å². The van der Waals surface area contributed by atoms with Gasteiger partial charge in [-0.05, 0) is 35.7 Å². The van der Waals surface area contributed by atoms with E-state index in [4.69, 9.17) is 0 Å². The van der Waals surface area contributed by atoms with Gasteiger partial charge in [0.05, 0.1) is 22.5 Å². The monoisotopic (exact) mass is 416 g/mol. The number of rotatable bonds is 3. The van der Waals surface area contributed by atoms with Crippen LogP contribution < -0.4 is 5.32 Å². The molecule has 0 radical (unpaired) electrons. The number of hydrogen-bond donors (Lipinski definition) is 1. The standard InChI is InChI=1S/C17H10BrFN4OS/c18-10-3-4-13(12(19)8-10)22-17(24)11-9-21-23-14(5-6-20-16(11)23)15-2-1-7-25-15/h1-9H,(H,22,24). The zero-order valence-electron chi connectivity index (χ0n) is 12.6. The molecule has 0 aliphatic carbocycles. The van der Waals surface area contributed by atoms with E-state index in [0.29, 0.717) is 10.1 Å². The Labute approximate surface area is 154 Å². The number of fused-ring (bicyclic) bond motifs is 1. The second-order valence-electron chi connectivity index (χ2n) is 5.18. The minimum atomic E-state index is -0.522. The van der Waals surface area contributed by atoms with Crippen molar-refractivity contribution < 1.29 is 9.18 Å². The minimum absolute atomic E-state index is 0.0990. The van der Waals surface area contributed by atoms with Gasteiger partial charge in [-0.15, -0.1) is 11.3 Å². The Hall–Kier alpha value is -2.58. The highest BCUT2D eigenvalue weighted by atomic mass is 79.9. The molecule has 0 saturated carbocycles. The van der Waals surface area contributed by atoms with Gasteiger partial charge in [-0.1, -0.05) is 22.0 Å². The number of thiophene rings is 1. The molecule has 3 aromatic heterocycles. The fourth-order valence-corrected chi connectivity index (χ4v) is 3.51. The van der Waals surface area contributed by atoms with Gasteiger partial charge in [0.15, 0.2) is 5.65 Å². The maximum absolute atomic E-state index is 13.9. The summed E-state index contributed by atoms with van der Waals surface area (Å²) in [6.45, 7) is 0. The number of anilines is 1. The molecule has 0 fully saturated rings. The summed E-state index contributed by atoms with van der Waals surface area (Å²) in [5.74, 6) is -0.988. The topological polar surface area (TPSA) is 59.3 Å². The second-order valence-corrected chi connectivity index (χ2v) is 7.04. The number of carbonyl (C=O) groups excluding carboxylic acids is 1. The molecule has 4 aromatic rings. The minimum Gasteiger partial charge on any atom is -0.319 e. The van der Waals surface area contributed by atoms with Crippen LogP contribution in [0.15, 0.2) is 58.6 Å². The third-order valence-electron chi connectivity index (χ3n) is 3.60. The first-order valence-corrected chi connectivity index (χ1v) is 8.94. The Morgan fingerprint density at radius 1 is 1.28 bits per heavy atom. The molecule has 0 unspecified atom stereocenters. The number of hydrogen-bond acceptors (Lipinski definition) is 4. The predicted molar refractivity (Wildman–Crippen MR) is 98.4 cm³/mol. The zero-order chi connectivity index (χ0) is 17.4. The highest BCUT2D eigenvalue weighted by Crippen LogP contribution is 2.26. The van der Waals surface area contributed by atoms with Crippen LogP contribution in [-0.4, -0.2) is 20.5 Å². The van der Waals surface area contributed by atoms with Gasteiger partial charge in [-0.3, -0.25) is 4.79 Å². The molecular weight excluding hydrogens is 407 g/mol. The summed E-state index contributed by atoms with van der Waals surface area (Å²) in [7, 11) is 0. The molecule has 3 heterocycles. The molecule has 1 N–H and O–H groups in total. The van der Waals surface area contributed by atoms with Crippen molar-refractivity contribution in [3.63, 3.8) is 0 Å². The molecule has 0 aliphatic rings. The van der Waals surface area contributed by atoms with E-state index >= 15 is 0 Å². The third kappa shape index (κ3) is 2.94. The molecule has 4 rings (SSSR count). The van der Waals surface area contributed by atoms with Crippen LogP contribution in [0.5, 0.6) is 0 Å². The van der Waals surface area contributed by atoms with Crippen LogP contribution in [0.1, 0.15) is 10.4 Å². The van der Waals surface area contributed by atoms with E-state index < -0.39 is 11.7 Å². The SMILES string of the molecule is O=C(Nc1ccc(Br)cc1F)c1cnn2c(-c3cccs3)ccnc12. The van der Waals surface area contributed by atoms with Crippen molar-refractivity contribution in [2.75, 3.05) is 5.32 Å². The van der Waals surface area contributed by atoms with E-state index in [0.717, 1.165) is 10.6 Å². The van der Waals surface area contributed by atoms with Crippen molar-refractivity contribution in [2.24, 2.45) is 0 Å². The number of nitrogens with zero attached hydrogens (tertiary/aromatic N) is 3. The van der Waals surface area contributed by atoms with Crippen LogP contribution in [-0.2, 0) is 0 Å². The normalized spacial score (nSPS) is 11.0. The highest BCUT2D eigenvalue weighted by Gasteiger charge is 2.17. The van der Waals surface area contributed by atoms with Crippen molar-refractivity contribution in [3.05, 3.63) is 70.0 Å². The van der Waals surface area contributed by atoms with Crippen LogP contribution in [0.3, 0.4) is 0 Å². The Bertz CT molecular complexity index is 1080. The van der Waals surface area contributed by atoms with Gasteiger partial charge in [0.25, 0.3) is 5.91 Å². The maximum atomic E-state index is 13.9. The molecule has 0 atom stereocenters. The van der Waals surface area contributed by atoms with Crippen LogP contribution in [0, 0.1) is 5.82 Å². The van der Waals surface area contributed by atoms with E-state index in [2.05, 4.69) is 31.3 Å². The van der Waals surface area contributed by atoms with E-state index in [9.17, 15) is 9.18 Å². The number of aromatic nitrogens is 3. The number of carbonyl (C=O) groups is 1. The van der Waals surface area contributed by atoms with E-state index in [1.165, 1.54) is 18.3 Å². The summed E-state index contributed by atoms with van der Waals surface area (Å²) in [5.41, 5.74) is 1.64. The van der Waals surface area contributed by atoms with Crippen LogP contribution in [0.25, 0.3) is 16.2 Å². The highest BCUT2D eigenvalue weighted by molar-refractivity contribution is 9.10. The van der Waals surface area contributed by atoms with Crippen molar-refractivity contribution in [3.8, 4) is 10.6 Å². The van der Waals surface area contributed by atoms with E-state index in [1.807, 2.05) is 23.6 Å². The fourth-order valence-electron chi connectivity index (χ4n) is 2.44. The largest absolute Gasteiger partial charge is 0.319 e. The maximum Gasteiger partial charge on any atom is 0.261 e. The van der Waals surface area contributed by atoms with Gasteiger partial charge in [-0.25, -0.2) is 13.9 Å². The van der Waals surface area contributed by atoms with Crippen LogP contribution in [0.2, 0.25) is 0 Å². The number of benzene rings is 1. The quantitative estimate of drug-likeness (QED) is 0.530. The first kappa shape index (κ1) is 15.9. The smallest absolute Gasteiger partial charge is 0.261 e. The van der Waals surface area contributed by atoms with Gasteiger partial charge in [-0.2, -0.15) is 5.10 Å². The number of amides is 1. The zero-order valence-corrected chi connectivity index (χ0v) is 15.0. The van der Waals surface area contributed by atoms with Gasteiger partial charge in [0, 0.05) is 10.7 Å². The summed E-state index contributed by atoms with van der Waals surface area (Å²) in [6, 6.07) is 10.2. The molecule has 0 saturated heterocycles. The lowest BCUT2D eigenvalue weighted by Gasteiger charge is -2.06. The molecule has 0 bridgehead atoms. The summed E-state index contributed by atoms with van der Waals surface area (Å²) >= 11 is 4.76. The average molecular weight is 417 g/mol. The molecule has 0 aliphatic heterocycles. The average Bonchev–Trinajstić information content (AvgIpc) is 3.26. The lowest BCUT2D eigenvalue weighted by molar-refractivity contribution is 0.102. The van der Waals surface area contributed by atoms with Crippen molar-refractivity contribution in [2.45, 2.75) is 0 Å². The molecule has 0 spiro atoms. The van der Waals surface area contributed by atoms with Gasteiger partial charge < -0.3 is 5.32 Å². The predicted octanol–water partition coefficient (Wildman–Crippen LogP) is 4.61. The first-order chi connectivity index (χ1) is 12.1. The molecule has 124 valence electrons. The molecule has 8 heteroatoms. The number of halogens is 2. The Morgan fingerprint density at radius 2 is 2.16 bits per heavy atom. The van der Waals surface area contributed by atoms with Gasteiger partial charge in [0.2, 0.25) is 0 Å². The molecular formula is C17H10BrFN4OS. The van der Waals surface area contributed by atoms with E-state index in [-0.39, 0.29) is 11.3 Å². The number of nitrogens with one attached hydrogen (secondary N) is 1. The molecule has 5 nitrogen and oxygen atoms in total. The van der Waals surface area contributed by atoms with Crippen molar-refractivity contribution in [1.82, 2.24) is 14.6 Å². The van der Waals surface area contributed by atoms with Crippen molar-refractivity contribution in [1.29, 1.82) is 0 Å². The summed E-state index contributed by atoms with van der Waals surface area (Å²) in [6.07, 6.45) is 3.06. The van der Waals surface area contributed by atoms with Crippen LogP contribution in [0.4, 0.5) is 10.1 Å². The first-order valence-electron chi connectivity index (χ1n) is 7.26. The lowest BCUT2D eigenvalue weighted by atomic mass is 10.2. The van der Waals surface area contributed by atoms with Crippen molar-refractivity contribution >= 4 is 44.5 Å². The van der Waals surface area contributed by atoms with E-state index in [1.54, 1.807) is 28.1 Å². The Balaban J connectivity index is 1.72. The van der Waals surface area contributed by atoms with Crippen LogP contribution >= 0.6 is 27.3 Å². The van der Waals surface area contributed by atoms with Gasteiger partial charge in [0.1, 0.15) is 11.4 Å². The Kier molecular flexibility index (Phi) is 4.06. The summed E-state index contributed by atoms with van der Waals surface area (Å²) < 4.78 is 16.1. The Morgan fingerprint density at radius 3 is 2.92 bits per heavy atom. The molecule has 1 aromatic carbocycles. The molecule has 25 heavy (non-hydrogen) atoms. The third-order valence-corrected chi connectivity index (χ3v) is 4.98.